The Labute approximate surface area is 184 Å². The van der Waals surface area contributed by atoms with Gasteiger partial charge in [-0.1, -0.05) is 19.9 Å². The standard InChI is InChI=1S/C25H36O6/c1-5-30-17-8-10-23(3)16(12-17)6-7-18-19-9-11-25(29,21(28)14-31-15(2)26)24(19,4)13-20(27)22(18)23/h6,12,18-20,22,27,29H,5,7-11,13-14H2,1-4H3. The Morgan fingerprint density at radius 3 is 2.68 bits per heavy atom. The summed E-state index contributed by atoms with van der Waals surface area (Å²) in [4.78, 5) is 24.1. The largest absolute Gasteiger partial charge is 0.498 e. The van der Waals surface area contributed by atoms with Crippen LogP contribution in [-0.4, -0.2) is 46.9 Å². The zero-order valence-electron chi connectivity index (χ0n) is 19.1. The van der Waals surface area contributed by atoms with Gasteiger partial charge in [-0.15, -0.1) is 0 Å². The number of Topliss-reactive ketones (excluding diaryl/α,β-unsaturated/α-hetero) is 1. The molecule has 7 atom stereocenters. The molecule has 0 aromatic rings. The lowest BCUT2D eigenvalue weighted by Crippen LogP contribution is -2.61. The topological polar surface area (TPSA) is 93.1 Å². The third-order valence-electron chi connectivity index (χ3n) is 9.02. The van der Waals surface area contributed by atoms with Crippen molar-refractivity contribution < 1.29 is 29.3 Å². The van der Waals surface area contributed by atoms with Crippen molar-refractivity contribution in [3.63, 3.8) is 0 Å². The molecule has 172 valence electrons. The van der Waals surface area contributed by atoms with Crippen LogP contribution in [0.2, 0.25) is 0 Å². The van der Waals surface area contributed by atoms with Crippen molar-refractivity contribution in [1.82, 2.24) is 0 Å². The Balaban J connectivity index is 1.65. The second-order valence-electron chi connectivity index (χ2n) is 10.4. The van der Waals surface area contributed by atoms with Crippen LogP contribution >= 0.6 is 0 Å². The van der Waals surface area contributed by atoms with E-state index in [4.69, 9.17) is 9.47 Å². The minimum absolute atomic E-state index is 0.0934. The number of rotatable bonds is 5. The minimum Gasteiger partial charge on any atom is -0.498 e. The van der Waals surface area contributed by atoms with Crippen molar-refractivity contribution in [1.29, 1.82) is 0 Å². The number of aliphatic hydroxyl groups excluding tert-OH is 1. The van der Waals surface area contributed by atoms with Crippen LogP contribution in [0.3, 0.4) is 0 Å². The molecule has 6 heteroatoms. The summed E-state index contributed by atoms with van der Waals surface area (Å²) >= 11 is 0. The fourth-order valence-electron chi connectivity index (χ4n) is 7.48. The van der Waals surface area contributed by atoms with E-state index in [0.29, 0.717) is 19.4 Å². The molecular formula is C25H36O6. The van der Waals surface area contributed by atoms with Gasteiger partial charge in [0, 0.05) is 18.8 Å². The van der Waals surface area contributed by atoms with Crippen molar-refractivity contribution in [2.75, 3.05) is 13.2 Å². The maximum absolute atomic E-state index is 12.9. The fourth-order valence-corrected chi connectivity index (χ4v) is 7.48. The van der Waals surface area contributed by atoms with E-state index < -0.39 is 35.5 Å². The molecule has 4 aliphatic rings. The summed E-state index contributed by atoms with van der Waals surface area (Å²) in [5, 5.41) is 23.0. The highest BCUT2D eigenvalue weighted by molar-refractivity contribution is 5.91. The number of carbonyl (C=O) groups excluding carboxylic acids is 2. The van der Waals surface area contributed by atoms with Crippen LogP contribution in [0.4, 0.5) is 0 Å². The van der Waals surface area contributed by atoms with Gasteiger partial charge in [-0.25, -0.2) is 0 Å². The molecule has 0 aromatic carbocycles. The summed E-state index contributed by atoms with van der Waals surface area (Å²) in [6.07, 6.45) is 7.95. The monoisotopic (exact) mass is 432 g/mol. The van der Waals surface area contributed by atoms with Crippen molar-refractivity contribution in [2.24, 2.45) is 28.6 Å². The van der Waals surface area contributed by atoms with E-state index >= 15 is 0 Å². The van der Waals surface area contributed by atoms with Gasteiger partial charge in [0.05, 0.1) is 18.5 Å². The van der Waals surface area contributed by atoms with E-state index in [1.807, 2.05) is 13.8 Å². The number of allylic oxidation sites excluding steroid dienone is 4. The Hall–Kier alpha value is -1.66. The third-order valence-corrected chi connectivity index (χ3v) is 9.02. The van der Waals surface area contributed by atoms with Crippen molar-refractivity contribution in [3.05, 3.63) is 23.5 Å². The van der Waals surface area contributed by atoms with Gasteiger partial charge in [0.2, 0.25) is 5.78 Å². The molecule has 0 radical (unpaired) electrons. The maximum atomic E-state index is 12.9. The molecule has 2 N–H and O–H groups in total. The van der Waals surface area contributed by atoms with E-state index in [-0.39, 0.29) is 23.2 Å². The summed E-state index contributed by atoms with van der Waals surface area (Å²) in [6.45, 7) is 7.71. The molecule has 2 saturated carbocycles. The minimum atomic E-state index is -1.57. The molecule has 31 heavy (non-hydrogen) atoms. The Kier molecular flexibility index (Phi) is 5.62. The normalized spacial score (nSPS) is 43.7. The third kappa shape index (κ3) is 3.29. The summed E-state index contributed by atoms with van der Waals surface area (Å²) < 4.78 is 10.7. The SMILES string of the molecule is CCOC1=CC2=CCC3C(C(O)CC4(C)C3CCC4(O)C(=O)COC(C)=O)C2(C)CC1. The van der Waals surface area contributed by atoms with Crippen LogP contribution < -0.4 is 0 Å². The first-order valence-corrected chi connectivity index (χ1v) is 11.7. The lowest BCUT2D eigenvalue weighted by molar-refractivity contribution is -0.181. The van der Waals surface area contributed by atoms with E-state index in [1.54, 1.807) is 0 Å². The lowest BCUT2D eigenvalue weighted by Gasteiger charge is -2.59. The molecule has 0 bridgehead atoms. The smallest absolute Gasteiger partial charge is 0.303 e. The van der Waals surface area contributed by atoms with Crippen LogP contribution in [-0.2, 0) is 19.1 Å². The number of aliphatic hydroxyl groups is 2. The number of fused-ring (bicyclic) bond motifs is 5. The van der Waals surface area contributed by atoms with E-state index in [1.165, 1.54) is 12.5 Å². The van der Waals surface area contributed by atoms with Crippen LogP contribution in [0.1, 0.15) is 66.2 Å². The predicted octanol–water partition coefficient (Wildman–Crippen LogP) is 3.31. The van der Waals surface area contributed by atoms with Crippen LogP contribution in [0, 0.1) is 28.6 Å². The first-order chi connectivity index (χ1) is 14.6. The van der Waals surface area contributed by atoms with Crippen LogP contribution in [0.15, 0.2) is 23.5 Å². The molecular weight excluding hydrogens is 396 g/mol. The Bertz CT molecular complexity index is 830. The lowest BCUT2D eigenvalue weighted by atomic mass is 9.46. The first-order valence-electron chi connectivity index (χ1n) is 11.7. The van der Waals surface area contributed by atoms with Crippen molar-refractivity contribution in [3.8, 4) is 0 Å². The van der Waals surface area contributed by atoms with Gasteiger partial charge in [0.1, 0.15) is 5.60 Å². The molecule has 6 nitrogen and oxygen atoms in total. The van der Waals surface area contributed by atoms with Gasteiger partial charge in [0.25, 0.3) is 0 Å². The van der Waals surface area contributed by atoms with Gasteiger partial charge >= 0.3 is 5.97 Å². The zero-order chi connectivity index (χ0) is 22.6. The summed E-state index contributed by atoms with van der Waals surface area (Å²) in [7, 11) is 0. The second-order valence-corrected chi connectivity index (χ2v) is 10.4. The second kappa shape index (κ2) is 7.73. The highest BCUT2D eigenvalue weighted by atomic mass is 16.5. The highest BCUT2D eigenvalue weighted by Crippen LogP contribution is 2.67. The van der Waals surface area contributed by atoms with Gasteiger partial charge < -0.3 is 19.7 Å². The van der Waals surface area contributed by atoms with Gasteiger partial charge in [-0.05, 0) is 73.8 Å². The predicted molar refractivity (Wildman–Crippen MR) is 115 cm³/mol. The molecule has 0 spiro atoms. The van der Waals surface area contributed by atoms with Gasteiger partial charge in [-0.2, -0.15) is 0 Å². The molecule has 0 aromatic heterocycles. The van der Waals surface area contributed by atoms with Crippen molar-refractivity contribution >= 4 is 11.8 Å². The summed E-state index contributed by atoms with van der Waals surface area (Å²) in [5.74, 6) is 0.481. The fraction of sp³-hybridized carbons (Fsp3) is 0.760. The number of hydrogen-bond donors (Lipinski definition) is 2. The molecule has 4 rings (SSSR count). The van der Waals surface area contributed by atoms with Crippen LogP contribution in [0.5, 0.6) is 0 Å². The van der Waals surface area contributed by atoms with Crippen molar-refractivity contribution in [2.45, 2.75) is 77.9 Å². The number of hydrogen-bond acceptors (Lipinski definition) is 6. The average molecular weight is 433 g/mol. The molecule has 0 aliphatic heterocycles. The summed E-state index contributed by atoms with van der Waals surface area (Å²) in [5.41, 5.74) is -1.18. The zero-order valence-corrected chi connectivity index (χ0v) is 19.1. The number of ketones is 1. The number of carbonyl (C=O) groups is 2. The van der Waals surface area contributed by atoms with E-state index in [9.17, 15) is 19.8 Å². The maximum Gasteiger partial charge on any atom is 0.303 e. The number of ether oxygens (including phenoxy) is 2. The average Bonchev–Trinajstić information content (AvgIpc) is 2.98. The van der Waals surface area contributed by atoms with E-state index in [2.05, 4.69) is 19.1 Å². The number of esters is 1. The molecule has 0 amide bonds. The quantitative estimate of drug-likeness (QED) is 0.648. The van der Waals surface area contributed by atoms with E-state index in [0.717, 1.165) is 31.4 Å². The molecule has 4 aliphatic carbocycles. The highest BCUT2D eigenvalue weighted by Gasteiger charge is 2.68. The van der Waals surface area contributed by atoms with Crippen LogP contribution in [0.25, 0.3) is 0 Å². The molecule has 2 fully saturated rings. The first kappa shape index (κ1) is 22.5. The molecule has 0 heterocycles. The molecule has 7 unspecified atom stereocenters. The van der Waals surface area contributed by atoms with Gasteiger partial charge in [-0.3, -0.25) is 9.59 Å². The Morgan fingerprint density at radius 2 is 2.00 bits per heavy atom. The molecule has 0 saturated heterocycles. The van der Waals surface area contributed by atoms with Gasteiger partial charge in [0.15, 0.2) is 6.61 Å². The Morgan fingerprint density at radius 1 is 1.26 bits per heavy atom. The summed E-state index contributed by atoms with van der Waals surface area (Å²) in [6, 6.07) is 0.